The second kappa shape index (κ2) is 12.5. The zero-order valence-corrected chi connectivity index (χ0v) is 23.5. The second-order valence-electron chi connectivity index (χ2n) is 11.5. The van der Waals surface area contributed by atoms with Crippen LogP contribution in [0.15, 0.2) is 53.1 Å². The predicted octanol–water partition coefficient (Wildman–Crippen LogP) is 6.24. The van der Waals surface area contributed by atoms with E-state index in [2.05, 4.69) is 23.9 Å². The number of halogens is 1. The summed E-state index contributed by atoms with van der Waals surface area (Å²) in [6.07, 6.45) is 1.66. The lowest BCUT2D eigenvalue weighted by atomic mass is 10.0. The van der Waals surface area contributed by atoms with Gasteiger partial charge in [-0.2, -0.15) is 4.98 Å². The molecule has 0 aliphatic carbocycles. The molecule has 8 nitrogen and oxygen atoms in total. The number of hydrogen-bond donors (Lipinski definition) is 0. The lowest BCUT2D eigenvalue weighted by Crippen LogP contribution is -2.48. The van der Waals surface area contributed by atoms with E-state index in [1.807, 2.05) is 45.0 Å². The standard InChI is InChI=1S/C30H39FN4O4/c1-21(2)20-37-26-12-8-22(9-13-26)18-27-32-28(39-33-27)35(19-23-6-10-24(31)11-7-23)25-14-16-34(17-15-25)29(36)38-30(3,4)5/h6-13,21,25H,14-20H2,1-5H3. The minimum absolute atomic E-state index is 0.0689. The molecule has 0 spiro atoms. The summed E-state index contributed by atoms with van der Waals surface area (Å²) in [7, 11) is 0. The summed E-state index contributed by atoms with van der Waals surface area (Å²) < 4.78 is 30.6. The Morgan fingerprint density at radius 2 is 1.72 bits per heavy atom. The van der Waals surface area contributed by atoms with Crippen molar-refractivity contribution < 1.29 is 23.2 Å². The molecule has 0 saturated carbocycles. The first-order valence-corrected chi connectivity index (χ1v) is 13.6. The first-order valence-electron chi connectivity index (χ1n) is 13.6. The van der Waals surface area contributed by atoms with Gasteiger partial charge in [0.15, 0.2) is 5.82 Å². The zero-order valence-electron chi connectivity index (χ0n) is 23.5. The number of carbonyl (C=O) groups excluding carboxylic acids is 1. The van der Waals surface area contributed by atoms with E-state index < -0.39 is 5.60 Å². The molecule has 2 heterocycles. The first-order chi connectivity index (χ1) is 18.6. The number of likely N-dealkylation sites (tertiary alicyclic amines) is 1. The van der Waals surface area contributed by atoms with Crippen molar-refractivity contribution in [3.8, 4) is 5.75 Å². The Morgan fingerprint density at radius 1 is 1.08 bits per heavy atom. The van der Waals surface area contributed by atoms with Crippen LogP contribution in [0.4, 0.5) is 15.2 Å². The molecular formula is C30H39FN4O4. The molecule has 1 aliphatic heterocycles. The molecule has 1 saturated heterocycles. The molecule has 0 atom stereocenters. The van der Waals surface area contributed by atoms with Gasteiger partial charge < -0.3 is 23.8 Å². The maximum Gasteiger partial charge on any atom is 0.410 e. The first kappa shape index (κ1) is 28.4. The van der Waals surface area contributed by atoms with Gasteiger partial charge in [0.2, 0.25) is 0 Å². The Hall–Kier alpha value is -3.62. The van der Waals surface area contributed by atoms with Crippen molar-refractivity contribution >= 4 is 12.1 Å². The molecule has 1 aromatic heterocycles. The third kappa shape index (κ3) is 8.43. The van der Waals surface area contributed by atoms with E-state index in [-0.39, 0.29) is 18.0 Å². The van der Waals surface area contributed by atoms with Gasteiger partial charge in [-0.25, -0.2) is 9.18 Å². The molecule has 0 bridgehead atoms. The van der Waals surface area contributed by atoms with E-state index in [9.17, 15) is 9.18 Å². The van der Waals surface area contributed by atoms with Crippen molar-refractivity contribution in [2.75, 3.05) is 24.6 Å². The molecule has 2 aromatic carbocycles. The van der Waals surface area contributed by atoms with Gasteiger partial charge in [-0.15, -0.1) is 0 Å². The number of benzene rings is 2. The van der Waals surface area contributed by atoms with Crippen LogP contribution >= 0.6 is 0 Å². The highest BCUT2D eigenvalue weighted by molar-refractivity contribution is 5.68. The average molecular weight is 539 g/mol. The predicted molar refractivity (Wildman–Crippen MR) is 147 cm³/mol. The number of amides is 1. The number of anilines is 1. The molecule has 4 rings (SSSR count). The van der Waals surface area contributed by atoms with Gasteiger partial charge in [-0.05, 0) is 74.9 Å². The maximum absolute atomic E-state index is 13.5. The highest BCUT2D eigenvalue weighted by Gasteiger charge is 2.32. The summed E-state index contributed by atoms with van der Waals surface area (Å²) in [6.45, 7) is 12.1. The van der Waals surface area contributed by atoms with Crippen LogP contribution in [0.25, 0.3) is 0 Å². The molecule has 1 amide bonds. The van der Waals surface area contributed by atoms with Gasteiger partial charge in [0.05, 0.1) is 6.61 Å². The lowest BCUT2D eigenvalue weighted by Gasteiger charge is -2.38. The SMILES string of the molecule is CC(C)COc1ccc(Cc2noc(N(Cc3ccc(F)cc3)C3CCN(C(=O)OC(C)(C)C)CC3)n2)cc1. The molecule has 39 heavy (non-hydrogen) atoms. The van der Waals surface area contributed by atoms with E-state index in [0.29, 0.717) is 50.4 Å². The van der Waals surface area contributed by atoms with Crippen LogP contribution in [0, 0.1) is 11.7 Å². The van der Waals surface area contributed by atoms with Crippen molar-refractivity contribution in [3.63, 3.8) is 0 Å². The van der Waals surface area contributed by atoms with E-state index in [1.54, 1.807) is 17.0 Å². The van der Waals surface area contributed by atoms with Gasteiger partial charge >= 0.3 is 12.1 Å². The number of nitrogens with zero attached hydrogens (tertiary/aromatic N) is 4. The van der Waals surface area contributed by atoms with E-state index in [0.717, 1.165) is 29.7 Å². The summed E-state index contributed by atoms with van der Waals surface area (Å²) in [4.78, 5) is 21.1. The molecule has 0 N–H and O–H groups in total. The Bertz CT molecular complexity index is 1200. The lowest BCUT2D eigenvalue weighted by molar-refractivity contribution is 0.0203. The minimum Gasteiger partial charge on any atom is -0.493 e. The third-order valence-corrected chi connectivity index (χ3v) is 6.40. The molecule has 0 unspecified atom stereocenters. The Kier molecular flexibility index (Phi) is 9.09. The average Bonchev–Trinajstić information content (AvgIpc) is 3.35. The van der Waals surface area contributed by atoms with E-state index in [1.165, 1.54) is 12.1 Å². The molecule has 3 aromatic rings. The van der Waals surface area contributed by atoms with Crippen LogP contribution in [-0.2, 0) is 17.7 Å². The largest absolute Gasteiger partial charge is 0.493 e. The van der Waals surface area contributed by atoms with Gasteiger partial charge in [0, 0.05) is 32.1 Å². The summed E-state index contributed by atoms with van der Waals surface area (Å²) >= 11 is 0. The van der Waals surface area contributed by atoms with E-state index >= 15 is 0 Å². The fraction of sp³-hybridized carbons (Fsp3) is 0.500. The Morgan fingerprint density at radius 3 is 2.33 bits per heavy atom. The fourth-order valence-corrected chi connectivity index (χ4v) is 4.41. The monoisotopic (exact) mass is 538 g/mol. The number of ether oxygens (including phenoxy) is 2. The molecule has 1 fully saturated rings. The van der Waals surface area contributed by atoms with E-state index in [4.69, 9.17) is 19.0 Å². The van der Waals surface area contributed by atoms with Crippen LogP contribution < -0.4 is 9.64 Å². The fourth-order valence-electron chi connectivity index (χ4n) is 4.41. The third-order valence-electron chi connectivity index (χ3n) is 6.40. The van der Waals surface area contributed by atoms with Crippen LogP contribution in [0.3, 0.4) is 0 Å². The van der Waals surface area contributed by atoms with Crippen LogP contribution in [-0.4, -0.2) is 52.5 Å². The number of piperidine rings is 1. The van der Waals surface area contributed by atoms with Crippen LogP contribution in [0.1, 0.15) is 64.4 Å². The minimum atomic E-state index is -0.538. The summed E-state index contributed by atoms with van der Waals surface area (Å²) in [5, 5.41) is 4.24. The van der Waals surface area contributed by atoms with Gasteiger partial charge in [0.25, 0.3) is 0 Å². The van der Waals surface area contributed by atoms with Crippen molar-refractivity contribution in [1.29, 1.82) is 0 Å². The topological polar surface area (TPSA) is 80.9 Å². The van der Waals surface area contributed by atoms with Crippen LogP contribution in [0.2, 0.25) is 0 Å². The molecule has 9 heteroatoms. The van der Waals surface area contributed by atoms with Gasteiger partial charge in [0.1, 0.15) is 17.2 Å². The number of aromatic nitrogens is 2. The zero-order chi connectivity index (χ0) is 28.0. The molecular weight excluding hydrogens is 499 g/mol. The smallest absolute Gasteiger partial charge is 0.410 e. The van der Waals surface area contributed by atoms with Crippen molar-refractivity contribution in [2.24, 2.45) is 5.92 Å². The number of carbonyl (C=O) groups is 1. The summed E-state index contributed by atoms with van der Waals surface area (Å²) in [6, 6.07) is 14.8. The second-order valence-corrected chi connectivity index (χ2v) is 11.5. The van der Waals surface area contributed by atoms with Crippen molar-refractivity contribution in [1.82, 2.24) is 15.0 Å². The van der Waals surface area contributed by atoms with Crippen LogP contribution in [0.5, 0.6) is 5.75 Å². The Labute approximate surface area is 230 Å². The van der Waals surface area contributed by atoms with Gasteiger partial charge in [-0.3, -0.25) is 0 Å². The summed E-state index contributed by atoms with van der Waals surface area (Å²) in [5.41, 5.74) is 1.45. The Balaban J connectivity index is 1.45. The highest BCUT2D eigenvalue weighted by atomic mass is 19.1. The molecule has 0 radical (unpaired) electrons. The quantitative estimate of drug-likeness (QED) is 0.319. The molecule has 210 valence electrons. The number of hydrogen-bond acceptors (Lipinski definition) is 7. The normalized spacial score (nSPS) is 14.5. The highest BCUT2D eigenvalue weighted by Crippen LogP contribution is 2.26. The molecule has 1 aliphatic rings. The van der Waals surface area contributed by atoms with Crippen molar-refractivity contribution in [3.05, 3.63) is 71.3 Å². The van der Waals surface area contributed by atoms with Gasteiger partial charge in [-0.1, -0.05) is 43.3 Å². The summed E-state index contributed by atoms with van der Waals surface area (Å²) in [5.74, 6) is 1.60. The number of rotatable bonds is 9. The maximum atomic E-state index is 13.5. The van der Waals surface area contributed by atoms with Crippen molar-refractivity contribution in [2.45, 2.75) is 72.1 Å².